The molecule has 0 aromatic carbocycles. The van der Waals surface area contributed by atoms with E-state index in [1.807, 2.05) is 19.1 Å². The van der Waals surface area contributed by atoms with Crippen LogP contribution < -0.4 is 21.2 Å². The Bertz CT molecular complexity index is 672. The van der Waals surface area contributed by atoms with Gasteiger partial charge >= 0.3 is 176 Å². The van der Waals surface area contributed by atoms with Crippen LogP contribution in [0.3, 0.4) is 0 Å². The fourth-order valence-electron chi connectivity index (χ4n) is 4.47. The zero-order valence-electron chi connectivity index (χ0n) is 16.1. The minimum atomic E-state index is -0.818. The van der Waals surface area contributed by atoms with E-state index in [4.69, 9.17) is 0 Å². The summed E-state index contributed by atoms with van der Waals surface area (Å²) >= 11 is -0.490. The quantitative estimate of drug-likeness (QED) is 0.324. The number of halogens is 1. The molecule has 3 aliphatic rings. The molecule has 2 fully saturated rings. The molecule has 4 N–H and O–H groups in total. The first-order valence-electron chi connectivity index (χ1n) is 10.1. The Hall–Kier alpha value is -0.610. The van der Waals surface area contributed by atoms with Gasteiger partial charge in [-0.2, -0.15) is 0 Å². The summed E-state index contributed by atoms with van der Waals surface area (Å²) in [6.45, 7) is 2.01. The van der Waals surface area contributed by atoms with Crippen LogP contribution >= 0.6 is 0 Å². The number of hydrogen-bond donors (Lipinski definition) is 4. The molecular weight excluding hydrogens is 475 g/mol. The van der Waals surface area contributed by atoms with Crippen molar-refractivity contribution in [2.24, 2.45) is 17.8 Å². The van der Waals surface area contributed by atoms with Crippen molar-refractivity contribution in [2.45, 2.75) is 76.3 Å². The summed E-state index contributed by atoms with van der Waals surface area (Å²) in [6, 6.07) is 0. The summed E-state index contributed by atoms with van der Waals surface area (Å²) in [6.07, 6.45) is 3.75. The number of rotatable bonds is 5. The summed E-state index contributed by atoms with van der Waals surface area (Å²) in [7, 11) is 0. The summed E-state index contributed by atoms with van der Waals surface area (Å²) < 4.78 is 2.38. The molecule has 7 atom stereocenters. The Kier molecular flexibility index (Phi) is 7.47. The molecule has 6 nitrogen and oxygen atoms in total. The molecule has 3 rings (SSSR count). The number of ketones is 2. The Morgan fingerprint density at radius 2 is 1.68 bits per heavy atom. The van der Waals surface area contributed by atoms with Gasteiger partial charge in [0.25, 0.3) is 0 Å². The number of hydrogen-bond acceptors (Lipinski definition) is 6. The average Bonchev–Trinajstić information content (AvgIpc) is 2.66. The SMILES string of the molecule is C/C(=C\CC(=O)[C@H]1CC[C@H](O)[C@H](O)C1)[I-]C1=CCC(=O)[C@@H]2C[C@@H](O)[C@@H](O)C[C@H]12. The van der Waals surface area contributed by atoms with Crippen LogP contribution in [-0.2, 0) is 9.59 Å². The van der Waals surface area contributed by atoms with Crippen LogP contribution in [0.25, 0.3) is 0 Å². The molecule has 7 heteroatoms. The van der Waals surface area contributed by atoms with Gasteiger partial charge in [-0.15, -0.1) is 0 Å². The molecule has 0 saturated heterocycles. The first kappa shape index (κ1) is 22.1. The molecule has 2 saturated carbocycles. The van der Waals surface area contributed by atoms with Gasteiger partial charge in [0.2, 0.25) is 0 Å². The number of allylic oxidation sites excluding steroid dienone is 4. The predicted octanol–water partition coefficient (Wildman–Crippen LogP) is -1.93. The molecule has 0 aromatic heterocycles. The van der Waals surface area contributed by atoms with Crippen LogP contribution in [-0.4, -0.2) is 56.4 Å². The number of carbonyl (C=O) groups excluding carboxylic acids is 2. The van der Waals surface area contributed by atoms with Gasteiger partial charge in [-0.05, 0) is 0 Å². The van der Waals surface area contributed by atoms with E-state index in [0.717, 1.165) is 3.58 Å². The number of carbonyl (C=O) groups is 2. The number of fused-ring (bicyclic) bond motifs is 1. The molecule has 0 amide bonds. The normalized spacial score (nSPS) is 39.5. The summed E-state index contributed by atoms with van der Waals surface area (Å²) in [5, 5.41) is 39.3. The van der Waals surface area contributed by atoms with Crippen LogP contribution in [0, 0.1) is 17.8 Å². The van der Waals surface area contributed by atoms with Gasteiger partial charge in [-0.25, -0.2) is 0 Å². The zero-order chi connectivity index (χ0) is 20.4. The summed E-state index contributed by atoms with van der Waals surface area (Å²) in [4.78, 5) is 24.7. The van der Waals surface area contributed by atoms with E-state index >= 15 is 0 Å². The number of Topliss-reactive ketones (excluding diaryl/α,β-unsaturated/α-hetero) is 2. The Morgan fingerprint density at radius 3 is 2.36 bits per heavy atom. The molecule has 0 unspecified atom stereocenters. The second-order valence-electron chi connectivity index (χ2n) is 8.28. The minimum absolute atomic E-state index is 0.0153. The molecule has 0 bridgehead atoms. The van der Waals surface area contributed by atoms with Crippen molar-refractivity contribution in [1.82, 2.24) is 0 Å². The van der Waals surface area contributed by atoms with Gasteiger partial charge in [0, 0.05) is 0 Å². The molecule has 0 heterocycles. The van der Waals surface area contributed by atoms with Crippen molar-refractivity contribution in [3.05, 3.63) is 19.3 Å². The van der Waals surface area contributed by atoms with Crippen molar-refractivity contribution in [3.8, 4) is 0 Å². The van der Waals surface area contributed by atoms with Crippen LogP contribution in [0.15, 0.2) is 19.3 Å². The topological polar surface area (TPSA) is 115 Å². The maximum atomic E-state index is 12.5. The van der Waals surface area contributed by atoms with E-state index in [1.165, 1.54) is 3.58 Å². The zero-order valence-corrected chi connectivity index (χ0v) is 18.3. The fourth-order valence-corrected chi connectivity index (χ4v) is 7.43. The molecule has 0 aliphatic heterocycles. The molecule has 3 aliphatic carbocycles. The Labute approximate surface area is 176 Å². The summed E-state index contributed by atoms with van der Waals surface area (Å²) in [5.41, 5.74) is 0. The predicted molar refractivity (Wildman–Crippen MR) is 98.7 cm³/mol. The molecular formula is C21H30IO6-. The molecule has 0 aromatic rings. The first-order chi connectivity index (χ1) is 13.3. The summed E-state index contributed by atoms with van der Waals surface area (Å²) in [5.74, 6) is -0.106. The van der Waals surface area contributed by atoms with Gasteiger partial charge in [-0.1, -0.05) is 0 Å². The first-order valence-corrected chi connectivity index (χ1v) is 12.2. The van der Waals surface area contributed by atoms with Crippen LogP contribution in [0.1, 0.15) is 51.9 Å². The van der Waals surface area contributed by atoms with Crippen molar-refractivity contribution >= 4 is 11.6 Å². The van der Waals surface area contributed by atoms with Gasteiger partial charge in [0.1, 0.15) is 0 Å². The average molecular weight is 505 g/mol. The number of aliphatic hydroxyl groups excluding tert-OH is 4. The van der Waals surface area contributed by atoms with Crippen molar-refractivity contribution in [1.29, 1.82) is 0 Å². The van der Waals surface area contributed by atoms with E-state index < -0.39 is 45.6 Å². The second-order valence-corrected chi connectivity index (χ2v) is 11.8. The third-order valence-electron chi connectivity index (χ3n) is 6.27. The van der Waals surface area contributed by atoms with Gasteiger partial charge in [0.15, 0.2) is 0 Å². The molecule has 28 heavy (non-hydrogen) atoms. The van der Waals surface area contributed by atoms with E-state index in [2.05, 4.69) is 0 Å². The van der Waals surface area contributed by atoms with Crippen molar-refractivity contribution in [2.75, 3.05) is 0 Å². The van der Waals surface area contributed by atoms with Crippen molar-refractivity contribution in [3.63, 3.8) is 0 Å². The molecule has 158 valence electrons. The third-order valence-corrected chi connectivity index (χ3v) is 9.42. The Balaban J connectivity index is 1.58. The van der Waals surface area contributed by atoms with E-state index in [9.17, 15) is 30.0 Å². The van der Waals surface area contributed by atoms with Crippen molar-refractivity contribution < 1.29 is 51.2 Å². The fraction of sp³-hybridized carbons (Fsp3) is 0.714. The van der Waals surface area contributed by atoms with E-state index in [0.29, 0.717) is 44.9 Å². The molecule has 0 spiro atoms. The van der Waals surface area contributed by atoms with Gasteiger partial charge in [-0.3, -0.25) is 0 Å². The third kappa shape index (κ3) is 5.11. The van der Waals surface area contributed by atoms with Crippen LogP contribution in [0.2, 0.25) is 0 Å². The van der Waals surface area contributed by atoms with Crippen LogP contribution in [0.4, 0.5) is 0 Å². The van der Waals surface area contributed by atoms with E-state index in [-0.39, 0.29) is 29.3 Å². The Morgan fingerprint density at radius 1 is 1.04 bits per heavy atom. The van der Waals surface area contributed by atoms with Gasteiger partial charge in [0.05, 0.1) is 0 Å². The van der Waals surface area contributed by atoms with Crippen LogP contribution in [0.5, 0.6) is 0 Å². The van der Waals surface area contributed by atoms with E-state index in [1.54, 1.807) is 0 Å². The molecule has 0 radical (unpaired) electrons. The monoisotopic (exact) mass is 505 g/mol. The van der Waals surface area contributed by atoms with Gasteiger partial charge < -0.3 is 0 Å². The number of aliphatic hydroxyl groups is 4. The maximum absolute atomic E-state index is 12.5. The second kappa shape index (κ2) is 9.47. The standard InChI is InChI=1S/C21H30IO6/c1-11(2-5-16(23)12-3-6-18(25)19(26)8-12)22-15-4-7-17(24)14-10-21(28)20(27)9-13(14)15/h2,4,12-14,18-21,25-28H,3,5-10H2,1H3/q-1/b11-2+/t12-,13-,14+,18-,19+,20-,21+/m0/s1.